The molecule has 1 amide bonds. The molecule has 1 fully saturated rings. The van der Waals surface area contributed by atoms with Crippen molar-refractivity contribution in [1.29, 1.82) is 0 Å². The number of aromatic carboxylic acids is 1. The van der Waals surface area contributed by atoms with E-state index in [-0.39, 0.29) is 22.3 Å². The maximum atomic E-state index is 12.5. The van der Waals surface area contributed by atoms with E-state index in [0.29, 0.717) is 6.42 Å². The van der Waals surface area contributed by atoms with Crippen molar-refractivity contribution in [2.75, 3.05) is 11.6 Å². The summed E-state index contributed by atoms with van der Waals surface area (Å²) in [7, 11) is -3.61. The fraction of sp³-hybridized carbons (Fsp3) is 0.556. The zero-order chi connectivity index (χ0) is 19.3. The topological polar surface area (TPSA) is 110 Å². The third-order valence-corrected chi connectivity index (χ3v) is 5.51. The summed E-state index contributed by atoms with van der Waals surface area (Å²) in [6.45, 7) is 1.84. The number of sulfone groups is 1. The van der Waals surface area contributed by atoms with Crippen molar-refractivity contribution >= 4 is 27.4 Å². The van der Waals surface area contributed by atoms with Crippen molar-refractivity contribution in [3.05, 3.63) is 23.8 Å². The summed E-state index contributed by atoms with van der Waals surface area (Å²) < 4.78 is 29.4. The minimum Gasteiger partial charge on any atom is -0.478 e. The number of hydrogen-bond acceptors (Lipinski definition) is 5. The summed E-state index contributed by atoms with van der Waals surface area (Å²) >= 11 is 0. The van der Waals surface area contributed by atoms with Crippen molar-refractivity contribution in [3.8, 4) is 0 Å². The molecule has 2 N–H and O–H groups in total. The standard InChI is InChI=1S/C18H25NO6S/c1-3-16(25-14-7-5-4-6-8-14)17(20)19-13-9-12(18(21)22)10-15(11-13)26(2,23)24/h9-11,14,16H,3-8H2,1-2H3,(H,19,20)(H,21,22). The summed E-state index contributed by atoms with van der Waals surface area (Å²) in [5.74, 6) is -1.67. The maximum Gasteiger partial charge on any atom is 0.335 e. The van der Waals surface area contributed by atoms with E-state index >= 15 is 0 Å². The smallest absolute Gasteiger partial charge is 0.335 e. The highest BCUT2D eigenvalue weighted by Crippen LogP contribution is 2.24. The molecule has 1 unspecified atom stereocenters. The Morgan fingerprint density at radius 2 is 1.88 bits per heavy atom. The van der Waals surface area contributed by atoms with E-state index in [1.54, 1.807) is 0 Å². The molecule has 8 heteroatoms. The van der Waals surface area contributed by atoms with Gasteiger partial charge in [-0.15, -0.1) is 0 Å². The molecule has 1 atom stereocenters. The Kier molecular flexibility index (Phi) is 6.77. The Hall–Kier alpha value is -1.93. The summed E-state index contributed by atoms with van der Waals surface area (Å²) in [6, 6.07) is 3.57. The Labute approximate surface area is 153 Å². The highest BCUT2D eigenvalue weighted by molar-refractivity contribution is 7.90. The van der Waals surface area contributed by atoms with Crippen molar-refractivity contribution in [2.24, 2.45) is 0 Å². The van der Waals surface area contributed by atoms with E-state index in [1.807, 2.05) is 6.92 Å². The average Bonchev–Trinajstić information content (AvgIpc) is 2.59. The zero-order valence-corrected chi connectivity index (χ0v) is 15.8. The molecule has 0 bridgehead atoms. The number of anilines is 1. The zero-order valence-electron chi connectivity index (χ0n) is 15.0. The number of carboxylic acids is 1. The second kappa shape index (κ2) is 8.64. The lowest BCUT2D eigenvalue weighted by Crippen LogP contribution is -2.34. The third-order valence-electron chi connectivity index (χ3n) is 4.42. The van der Waals surface area contributed by atoms with Crippen molar-refractivity contribution in [1.82, 2.24) is 0 Å². The maximum absolute atomic E-state index is 12.5. The monoisotopic (exact) mass is 383 g/mol. The summed E-state index contributed by atoms with van der Waals surface area (Å²) in [5, 5.41) is 11.8. The molecule has 0 radical (unpaired) electrons. The minimum atomic E-state index is -3.61. The summed E-state index contributed by atoms with van der Waals surface area (Å²) in [6.07, 6.45) is 6.05. The molecule has 1 saturated carbocycles. The van der Waals surface area contributed by atoms with Crippen LogP contribution in [-0.2, 0) is 19.4 Å². The van der Waals surface area contributed by atoms with E-state index in [9.17, 15) is 23.1 Å². The van der Waals surface area contributed by atoms with Crippen LogP contribution in [0.1, 0.15) is 55.8 Å². The van der Waals surface area contributed by atoms with Gasteiger partial charge < -0.3 is 15.2 Å². The van der Waals surface area contributed by atoms with Crippen LogP contribution in [0.4, 0.5) is 5.69 Å². The number of hydrogen-bond donors (Lipinski definition) is 2. The fourth-order valence-corrected chi connectivity index (χ4v) is 3.69. The molecular weight excluding hydrogens is 358 g/mol. The van der Waals surface area contributed by atoms with Crippen LogP contribution in [0.3, 0.4) is 0 Å². The normalized spacial score (nSPS) is 16.8. The molecule has 0 aliphatic heterocycles. The molecule has 0 aromatic heterocycles. The Balaban J connectivity index is 2.18. The van der Waals surface area contributed by atoms with Gasteiger partial charge in [-0.2, -0.15) is 0 Å². The van der Waals surface area contributed by atoms with Crippen molar-refractivity contribution < 1.29 is 27.9 Å². The van der Waals surface area contributed by atoms with Crippen molar-refractivity contribution in [2.45, 2.75) is 62.6 Å². The van der Waals surface area contributed by atoms with Gasteiger partial charge in [-0.25, -0.2) is 13.2 Å². The Morgan fingerprint density at radius 1 is 1.23 bits per heavy atom. The number of carboxylic acid groups (broad SMARTS) is 1. The first-order valence-corrected chi connectivity index (χ1v) is 10.6. The first-order valence-electron chi connectivity index (χ1n) is 8.75. The largest absolute Gasteiger partial charge is 0.478 e. The fourth-order valence-electron chi connectivity index (χ4n) is 3.01. The highest BCUT2D eigenvalue weighted by Gasteiger charge is 2.24. The van der Waals surface area contributed by atoms with Gasteiger partial charge in [0.2, 0.25) is 0 Å². The second-order valence-electron chi connectivity index (χ2n) is 6.61. The van der Waals surface area contributed by atoms with Crippen LogP contribution in [0.5, 0.6) is 0 Å². The van der Waals surface area contributed by atoms with Crippen LogP contribution in [-0.4, -0.2) is 43.9 Å². The van der Waals surface area contributed by atoms with Crippen LogP contribution in [0.15, 0.2) is 23.1 Å². The molecule has 0 saturated heterocycles. The van der Waals surface area contributed by atoms with Crippen LogP contribution in [0, 0.1) is 0 Å². The first-order chi connectivity index (χ1) is 12.2. The lowest BCUT2D eigenvalue weighted by molar-refractivity contribution is -0.132. The van der Waals surface area contributed by atoms with Gasteiger partial charge in [-0.1, -0.05) is 26.2 Å². The molecule has 2 rings (SSSR count). The molecule has 0 heterocycles. The molecule has 1 aliphatic carbocycles. The van der Waals surface area contributed by atoms with Crippen LogP contribution >= 0.6 is 0 Å². The van der Waals surface area contributed by atoms with E-state index in [0.717, 1.165) is 38.0 Å². The molecule has 1 aromatic rings. The summed E-state index contributed by atoms with van der Waals surface area (Å²) in [4.78, 5) is 23.6. The average molecular weight is 383 g/mol. The van der Waals surface area contributed by atoms with Crippen LogP contribution < -0.4 is 5.32 Å². The predicted molar refractivity (Wildman–Crippen MR) is 97.2 cm³/mol. The van der Waals surface area contributed by atoms with Crippen LogP contribution in [0.25, 0.3) is 0 Å². The van der Waals surface area contributed by atoms with E-state index < -0.39 is 27.8 Å². The molecule has 26 heavy (non-hydrogen) atoms. The lowest BCUT2D eigenvalue weighted by atomic mass is 9.97. The number of nitrogens with one attached hydrogen (secondary N) is 1. The highest BCUT2D eigenvalue weighted by atomic mass is 32.2. The van der Waals surface area contributed by atoms with Gasteiger partial charge in [0, 0.05) is 11.9 Å². The number of ether oxygens (including phenoxy) is 1. The number of amides is 1. The summed E-state index contributed by atoms with van der Waals surface area (Å²) in [5.41, 5.74) is -0.0782. The molecule has 0 spiro atoms. The number of benzene rings is 1. The molecule has 144 valence electrons. The SMILES string of the molecule is CCC(OC1CCCCC1)C(=O)Nc1cc(C(=O)O)cc(S(C)(=O)=O)c1. The van der Waals surface area contributed by atoms with Gasteiger partial charge in [0.15, 0.2) is 9.84 Å². The Morgan fingerprint density at radius 3 is 2.42 bits per heavy atom. The van der Waals surface area contributed by atoms with E-state index in [2.05, 4.69) is 5.32 Å². The van der Waals surface area contributed by atoms with E-state index in [4.69, 9.17) is 4.74 Å². The molecule has 7 nitrogen and oxygen atoms in total. The van der Waals surface area contributed by atoms with Gasteiger partial charge in [0.25, 0.3) is 5.91 Å². The van der Waals surface area contributed by atoms with Gasteiger partial charge >= 0.3 is 5.97 Å². The van der Waals surface area contributed by atoms with Gasteiger partial charge in [-0.05, 0) is 37.5 Å². The van der Waals surface area contributed by atoms with Crippen LogP contribution in [0.2, 0.25) is 0 Å². The minimum absolute atomic E-state index is 0.0522. The quantitative estimate of drug-likeness (QED) is 0.749. The first kappa shape index (κ1) is 20.4. The molecule has 1 aliphatic rings. The number of carbonyl (C=O) groups excluding carboxylic acids is 1. The molecule has 1 aromatic carbocycles. The Bertz CT molecular complexity index is 768. The van der Waals surface area contributed by atoms with Gasteiger partial charge in [0.1, 0.15) is 6.10 Å². The second-order valence-corrected chi connectivity index (χ2v) is 8.62. The van der Waals surface area contributed by atoms with Crippen molar-refractivity contribution in [3.63, 3.8) is 0 Å². The number of carbonyl (C=O) groups is 2. The lowest BCUT2D eigenvalue weighted by Gasteiger charge is -2.26. The van der Waals surface area contributed by atoms with Gasteiger partial charge in [-0.3, -0.25) is 4.79 Å². The third kappa shape index (κ3) is 5.54. The molecular formula is C18H25NO6S. The number of rotatable bonds is 7. The predicted octanol–water partition coefficient (Wildman–Crippen LogP) is 2.85. The van der Waals surface area contributed by atoms with Gasteiger partial charge in [0.05, 0.1) is 16.6 Å². The van der Waals surface area contributed by atoms with E-state index in [1.165, 1.54) is 18.6 Å².